The summed E-state index contributed by atoms with van der Waals surface area (Å²) in [5.41, 5.74) is 1.90. The molecule has 3 heterocycles. The number of fused-ring (bicyclic) bond motifs is 1. The number of amides is 3. The van der Waals surface area contributed by atoms with Gasteiger partial charge >= 0.3 is 6.03 Å². The molecule has 0 N–H and O–H groups in total. The van der Waals surface area contributed by atoms with E-state index in [1.807, 2.05) is 48.0 Å². The number of nitrogens with zero attached hydrogens (tertiary/aromatic N) is 4. The van der Waals surface area contributed by atoms with Gasteiger partial charge in [0.15, 0.2) is 0 Å². The first-order valence-corrected chi connectivity index (χ1v) is 12.7. The van der Waals surface area contributed by atoms with Gasteiger partial charge < -0.3 is 19.6 Å². The first-order valence-electron chi connectivity index (χ1n) is 12.7. The van der Waals surface area contributed by atoms with Crippen LogP contribution in [0.15, 0.2) is 24.3 Å². The van der Waals surface area contributed by atoms with Crippen LogP contribution in [-0.4, -0.2) is 88.9 Å². The van der Waals surface area contributed by atoms with Crippen LogP contribution in [-0.2, 0) is 0 Å². The topological polar surface area (TPSA) is 47.1 Å². The summed E-state index contributed by atoms with van der Waals surface area (Å²) < 4.78 is 0. The number of hydrogen-bond acceptors (Lipinski definition) is 3. The highest BCUT2D eigenvalue weighted by Gasteiger charge is 2.48. The predicted octanol–water partition coefficient (Wildman–Crippen LogP) is 3.74. The molecule has 3 amide bonds. The average Bonchev–Trinajstić information content (AvgIpc) is 3.09. The molecule has 0 unspecified atom stereocenters. The lowest BCUT2D eigenvalue weighted by molar-refractivity contribution is 0.0471. The lowest BCUT2D eigenvalue weighted by Crippen LogP contribution is -2.53. The van der Waals surface area contributed by atoms with E-state index in [9.17, 15) is 9.59 Å². The van der Waals surface area contributed by atoms with Gasteiger partial charge in [-0.05, 0) is 57.1 Å². The third kappa shape index (κ3) is 3.91. The smallest absolute Gasteiger partial charge is 0.320 e. The summed E-state index contributed by atoms with van der Waals surface area (Å²) in [5, 5.41) is 0. The Labute approximate surface area is 192 Å². The zero-order chi connectivity index (χ0) is 22.2. The third-order valence-electron chi connectivity index (χ3n) is 8.61. The van der Waals surface area contributed by atoms with E-state index < -0.39 is 0 Å². The average molecular weight is 439 g/mol. The molecule has 1 aliphatic carbocycles. The van der Waals surface area contributed by atoms with Gasteiger partial charge in [0.2, 0.25) is 0 Å². The van der Waals surface area contributed by atoms with E-state index in [4.69, 9.17) is 0 Å². The number of piperidine rings is 2. The molecule has 4 fully saturated rings. The highest BCUT2D eigenvalue weighted by molar-refractivity contribution is 5.95. The van der Waals surface area contributed by atoms with Gasteiger partial charge in [0.1, 0.15) is 0 Å². The number of aryl methyl sites for hydroxylation is 1. The van der Waals surface area contributed by atoms with E-state index in [1.165, 1.54) is 25.7 Å². The number of carbonyl (C=O) groups is 2. The number of likely N-dealkylation sites (tertiary alicyclic amines) is 2. The maximum absolute atomic E-state index is 13.0. The number of urea groups is 1. The third-order valence-corrected chi connectivity index (χ3v) is 8.61. The standard InChI is InChI=1S/C26H38N4O2/c1-19-7-3-4-8-22(19)25(31)29-17-11-20(12-18-29)28-15-13-21(14-16-28)30-24-10-6-5-9-23(24)27(2)26(30)32/h3-4,7-8,20-21,23-24H,5-6,9-18H2,1-2H3/t23-,24-/m0/s1. The van der Waals surface area contributed by atoms with Crippen LogP contribution < -0.4 is 0 Å². The fourth-order valence-corrected chi connectivity index (χ4v) is 6.71. The zero-order valence-corrected chi connectivity index (χ0v) is 19.7. The molecular formula is C26H38N4O2. The molecule has 174 valence electrons. The summed E-state index contributed by atoms with van der Waals surface area (Å²) in [5.74, 6) is 0.180. The van der Waals surface area contributed by atoms with E-state index >= 15 is 0 Å². The Hall–Kier alpha value is -2.08. The van der Waals surface area contributed by atoms with Crippen molar-refractivity contribution in [2.75, 3.05) is 33.2 Å². The largest absolute Gasteiger partial charge is 0.339 e. The Kier molecular flexibility index (Phi) is 6.15. The monoisotopic (exact) mass is 438 g/mol. The van der Waals surface area contributed by atoms with Crippen molar-refractivity contribution in [3.05, 3.63) is 35.4 Å². The molecule has 0 spiro atoms. The van der Waals surface area contributed by atoms with Gasteiger partial charge in [-0.1, -0.05) is 31.0 Å². The van der Waals surface area contributed by atoms with Crippen LogP contribution in [0.25, 0.3) is 0 Å². The molecule has 0 bridgehead atoms. The van der Waals surface area contributed by atoms with E-state index in [0.29, 0.717) is 24.2 Å². The maximum atomic E-state index is 13.0. The summed E-state index contributed by atoms with van der Waals surface area (Å²) in [7, 11) is 2.01. The predicted molar refractivity (Wildman–Crippen MR) is 126 cm³/mol. The van der Waals surface area contributed by atoms with Crippen molar-refractivity contribution in [3.63, 3.8) is 0 Å². The molecule has 1 aromatic rings. The summed E-state index contributed by atoms with van der Waals surface area (Å²) >= 11 is 0. The molecule has 0 aromatic heterocycles. The Morgan fingerprint density at radius 2 is 1.47 bits per heavy atom. The number of carbonyl (C=O) groups excluding carboxylic acids is 2. The Morgan fingerprint density at radius 1 is 0.844 bits per heavy atom. The molecular weight excluding hydrogens is 400 g/mol. The van der Waals surface area contributed by atoms with Crippen LogP contribution in [0.5, 0.6) is 0 Å². The summed E-state index contributed by atoms with van der Waals surface area (Å²) in [6.45, 7) is 5.86. The molecule has 5 rings (SSSR count). The Bertz CT molecular complexity index is 842. The molecule has 1 saturated carbocycles. The van der Waals surface area contributed by atoms with Crippen LogP contribution in [0.3, 0.4) is 0 Å². The number of hydrogen-bond donors (Lipinski definition) is 0. The van der Waals surface area contributed by atoms with E-state index in [2.05, 4.69) is 9.80 Å². The highest BCUT2D eigenvalue weighted by atomic mass is 16.2. The zero-order valence-electron chi connectivity index (χ0n) is 19.7. The second-order valence-electron chi connectivity index (χ2n) is 10.3. The molecule has 3 aliphatic heterocycles. The molecule has 1 aromatic carbocycles. The molecule has 4 aliphatic rings. The first-order chi connectivity index (χ1) is 15.5. The SMILES string of the molecule is Cc1ccccc1C(=O)N1CCC(N2CCC(N3C(=O)N(C)[C@H]4CCCC[C@@H]43)CC2)CC1. The second-order valence-corrected chi connectivity index (χ2v) is 10.3. The Morgan fingerprint density at radius 3 is 2.16 bits per heavy atom. The summed E-state index contributed by atoms with van der Waals surface area (Å²) in [6.07, 6.45) is 9.15. The van der Waals surface area contributed by atoms with Crippen LogP contribution in [0.1, 0.15) is 67.3 Å². The Balaban J connectivity index is 1.14. The van der Waals surface area contributed by atoms with E-state index in [0.717, 1.165) is 63.0 Å². The minimum atomic E-state index is 0.180. The molecule has 2 atom stereocenters. The van der Waals surface area contributed by atoms with Crippen molar-refractivity contribution in [2.45, 2.75) is 82.5 Å². The van der Waals surface area contributed by atoms with Crippen LogP contribution in [0.4, 0.5) is 4.79 Å². The van der Waals surface area contributed by atoms with Gasteiger partial charge in [-0.2, -0.15) is 0 Å². The maximum Gasteiger partial charge on any atom is 0.320 e. The van der Waals surface area contributed by atoms with Crippen LogP contribution in [0.2, 0.25) is 0 Å². The van der Waals surface area contributed by atoms with E-state index in [-0.39, 0.29) is 11.9 Å². The van der Waals surface area contributed by atoms with Crippen molar-refractivity contribution < 1.29 is 9.59 Å². The van der Waals surface area contributed by atoms with Gasteiger partial charge in [-0.25, -0.2) is 4.79 Å². The molecule has 6 heteroatoms. The fraction of sp³-hybridized carbons (Fsp3) is 0.692. The van der Waals surface area contributed by atoms with Crippen molar-refractivity contribution in [1.82, 2.24) is 19.6 Å². The van der Waals surface area contributed by atoms with Crippen molar-refractivity contribution in [3.8, 4) is 0 Å². The van der Waals surface area contributed by atoms with Gasteiger partial charge in [-0.3, -0.25) is 4.79 Å². The van der Waals surface area contributed by atoms with E-state index in [1.54, 1.807) is 0 Å². The molecule has 6 nitrogen and oxygen atoms in total. The number of rotatable bonds is 3. The fourth-order valence-electron chi connectivity index (χ4n) is 6.71. The lowest BCUT2D eigenvalue weighted by atomic mass is 9.88. The van der Waals surface area contributed by atoms with Crippen molar-refractivity contribution in [1.29, 1.82) is 0 Å². The van der Waals surface area contributed by atoms with Gasteiger partial charge in [-0.15, -0.1) is 0 Å². The number of likely N-dealkylation sites (N-methyl/N-ethyl adjacent to an activating group) is 1. The van der Waals surface area contributed by atoms with Crippen LogP contribution in [0, 0.1) is 6.92 Å². The minimum Gasteiger partial charge on any atom is -0.339 e. The molecule has 32 heavy (non-hydrogen) atoms. The number of benzene rings is 1. The first kappa shape index (κ1) is 21.7. The van der Waals surface area contributed by atoms with Gasteiger partial charge in [0.05, 0.1) is 12.1 Å². The van der Waals surface area contributed by atoms with Gasteiger partial charge in [0, 0.05) is 50.9 Å². The van der Waals surface area contributed by atoms with Crippen molar-refractivity contribution >= 4 is 11.9 Å². The highest BCUT2D eigenvalue weighted by Crippen LogP contribution is 2.37. The molecule has 3 saturated heterocycles. The normalized spacial score (nSPS) is 28.3. The lowest BCUT2D eigenvalue weighted by Gasteiger charge is -2.44. The second kappa shape index (κ2) is 9.05. The molecule has 0 radical (unpaired) electrons. The summed E-state index contributed by atoms with van der Waals surface area (Å²) in [4.78, 5) is 34.9. The van der Waals surface area contributed by atoms with Crippen molar-refractivity contribution in [2.24, 2.45) is 0 Å². The summed E-state index contributed by atoms with van der Waals surface area (Å²) in [6, 6.07) is 10.0. The van der Waals surface area contributed by atoms with Gasteiger partial charge in [0.25, 0.3) is 5.91 Å². The minimum absolute atomic E-state index is 0.180. The van der Waals surface area contributed by atoms with Crippen LogP contribution >= 0.6 is 0 Å². The quantitative estimate of drug-likeness (QED) is 0.722.